The molecule has 1 aromatic carbocycles. The van der Waals surface area contributed by atoms with Gasteiger partial charge in [-0.05, 0) is 61.1 Å². The minimum Gasteiger partial charge on any atom is -0.478 e. The van der Waals surface area contributed by atoms with E-state index in [2.05, 4.69) is 22.1 Å². The van der Waals surface area contributed by atoms with Crippen molar-refractivity contribution in [3.05, 3.63) is 76.8 Å². The molecule has 6 nitrogen and oxygen atoms in total. The summed E-state index contributed by atoms with van der Waals surface area (Å²) in [6.07, 6.45) is 3.80. The maximum Gasteiger partial charge on any atom is 0.335 e. The molecule has 0 amide bonds. The lowest BCUT2D eigenvalue weighted by Crippen LogP contribution is -2.30. The number of carboxylic acid groups (broad SMARTS) is 1. The van der Waals surface area contributed by atoms with Crippen LogP contribution in [0.2, 0.25) is 5.02 Å². The number of carboxylic acids is 1. The first kappa shape index (κ1) is 21.3. The molecule has 8 heteroatoms. The number of hydrogen-bond donors (Lipinski definition) is 2. The Morgan fingerprint density at radius 2 is 2.13 bits per heavy atom. The maximum atomic E-state index is 11.4. The monoisotopic (exact) mass is 455 g/mol. The van der Waals surface area contributed by atoms with Crippen LogP contribution in [0.5, 0.6) is 0 Å². The summed E-state index contributed by atoms with van der Waals surface area (Å²) in [5, 5.41) is 13.8. The zero-order valence-electron chi connectivity index (χ0n) is 16.9. The molecule has 1 aliphatic rings. The molecule has 0 aliphatic carbocycles. The normalized spacial score (nSPS) is 18.3. The lowest BCUT2D eigenvalue weighted by atomic mass is 10.0. The highest BCUT2D eigenvalue weighted by Crippen LogP contribution is 2.41. The number of aromatic nitrogens is 1. The van der Waals surface area contributed by atoms with E-state index < -0.39 is 5.97 Å². The Morgan fingerprint density at radius 1 is 1.29 bits per heavy atom. The van der Waals surface area contributed by atoms with E-state index in [0.717, 1.165) is 25.1 Å². The van der Waals surface area contributed by atoms with E-state index in [9.17, 15) is 9.90 Å². The smallest absolute Gasteiger partial charge is 0.335 e. The number of benzene rings is 1. The van der Waals surface area contributed by atoms with Gasteiger partial charge in [0.25, 0.3) is 0 Å². The summed E-state index contributed by atoms with van der Waals surface area (Å²) < 4.78 is 6.23. The second kappa shape index (κ2) is 9.08. The van der Waals surface area contributed by atoms with Gasteiger partial charge in [0, 0.05) is 18.3 Å². The largest absolute Gasteiger partial charge is 0.478 e. The Labute approximate surface area is 190 Å². The molecule has 0 saturated carbocycles. The number of halogens is 1. The van der Waals surface area contributed by atoms with Crippen LogP contribution in [0, 0.1) is 0 Å². The van der Waals surface area contributed by atoms with Gasteiger partial charge in [-0.15, -0.1) is 0 Å². The van der Waals surface area contributed by atoms with E-state index in [1.807, 2.05) is 30.3 Å². The average Bonchev–Trinajstić information content (AvgIpc) is 3.37. The highest BCUT2D eigenvalue weighted by molar-refractivity contribution is 7.80. The van der Waals surface area contributed by atoms with Gasteiger partial charge in [-0.25, -0.2) is 4.79 Å². The van der Waals surface area contributed by atoms with Crippen LogP contribution in [0.25, 0.3) is 11.3 Å². The molecule has 2 aromatic heterocycles. The van der Waals surface area contributed by atoms with Crippen LogP contribution in [-0.4, -0.2) is 32.6 Å². The van der Waals surface area contributed by atoms with Crippen LogP contribution in [0.4, 0.5) is 0 Å². The van der Waals surface area contributed by atoms with Crippen LogP contribution >= 0.6 is 23.8 Å². The summed E-state index contributed by atoms with van der Waals surface area (Å²) in [6.45, 7) is 2.93. The van der Waals surface area contributed by atoms with Crippen LogP contribution in [0.15, 0.2) is 59.1 Å². The van der Waals surface area contributed by atoms with E-state index in [4.69, 9.17) is 28.2 Å². The Morgan fingerprint density at radius 3 is 2.84 bits per heavy atom. The van der Waals surface area contributed by atoms with Gasteiger partial charge in [0.15, 0.2) is 5.11 Å². The predicted molar refractivity (Wildman–Crippen MR) is 123 cm³/mol. The fourth-order valence-electron chi connectivity index (χ4n) is 3.79. The molecule has 0 radical (unpaired) electrons. The van der Waals surface area contributed by atoms with E-state index in [-0.39, 0.29) is 17.6 Å². The number of rotatable bonds is 7. The summed E-state index contributed by atoms with van der Waals surface area (Å²) >= 11 is 12.0. The minimum atomic E-state index is -1.02. The lowest BCUT2D eigenvalue weighted by Gasteiger charge is -2.25. The standard InChI is InChI=1S/C23H22ClN3O3S/c1-2-3-12-27-21(20(26-23(27)31)17-6-4-5-11-25-17)19-10-9-18(30-19)15-13-14(22(28)29)7-8-16(15)24/h4-11,13,20-21H,2-3,12H2,1H3,(H,26,31)(H,28,29). The van der Waals surface area contributed by atoms with Gasteiger partial charge in [-0.2, -0.15) is 0 Å². The minimum absolute atomic E-state index is 0.150. The molecule has 2 unspecified atom stereocenters. The first-order valence-electron chi connectivity index (χ1n) is 10.1. The number of carbonyl (C=O) groups is 1. The van der Waals surface area contributed by atoms with E-state index in [0.29, 0.717) is 27.2 Å². The number of furan rings is 1. The summed E-state index contributed by atoms with van der Waals surface area (Å²) in [4.78, 5) is 18.0. The summed E-state index contributed by atoms with van der Waals surface area (Å²) in [7, 11) is 0. The molecule has 0 bridgehead atoms. The molecule has 160 valence electrons. The molecule has 3 heterocycles. The lowest BCUT2D eigenvalue weighted by molar-refractivity contribution is 0.0697. The van der Waals surface area contributed by atoms with Gasteiger partial charge in [0.1, 0.15) is 17.6 Å². The van der Waals surface area contributed by atoms with E-state index in [1.54, 1.807) is 12.3 Å². The molecule has 1 fully saturated rings. The molecular formula is C23H22ClN3O3S. The number of nitrogens with one attached hydrogen (secondary N) is 1. The maximum absolute atomic E-state index is 11.4. The SMILES string of the molecule is CCCCN1C(=S)NC(c2ccccn2)C1c1ccc(-c2cc(C(=O)O)ccc2Cl)o1. The second-order valence-electron chi connectivity index (χ2n) is 7.38. The van der Waals surface area contributed by atoms with Crippen molar-refractivity contribution in [3.8, 4) is 11.3 Å². The third-order valence-electron chi connectivity index (χ3n) is 5.35. The Kier molecular flexibility index (Phi) is 6.25. The van der Waals surface area contributed by atoms with Crippen molar-refractivity contribution in [1.29, 1.82) is 0 Å². The summed E-state index contributed by atoms with van der Waals surface area (Å²) in [5.74, 6) is 0.207. The Balaban J connectivity index is 1.74. The first-order valence-corrected chi connectivity index (χ1v) is 10.9. The average molecular weight is 456 g/mol. The number of nitrogens with zero attached hydrogens (tertiary/aromatic N) is 2. The number of hydrogen-bond acceptors (Lipinski definition) is 4. The second-order valence-corrected chi connectivity index (χ2v) is 8.17. The van der Waals surface area contributed by atoms with Crippen molar-refractivity contribution in [2.75, 3.05) is 6.54 Å². The molecule has 2 N–H and O–H groups in total. The number of unbranched alkanes of at least 4 members (excludes halogenated alkanes) is 1. The van der Waals surface area contributed by atoms with Crippen LogP contribution in [0.3, 0.4) is 0 Å². The zero-order chi connectivity index (χ0) is 22.0. The van der Waals surface area contributed by atoms with Gasteiger partial charge in [0.2, 0.25) is 0 Å². The third kappa shape index (κ3) is 4.29. The fraction of sp³-hybridized carbons (Fsp3) is 0.261. The fourth-order valence-corrected chi connectivity index (χ4v) is 4.33. The molecule has 4 rings (SSSR count). The molecule has 3 aromatic rings. The quantitative estimate of drug-likeness (QED) is 0.457. The predicted octanol–water partition coefficient (Wildman–Crippen LogP) is 5.47. The summed E-state index contributed by atoms with van der Waals surface area (Å²) in [6, 6.07) is 13.7. The van der Waals surface area contributed by atoms with Gasteiger partial charge < -0.3 is 19.7 Å². The van der Waals surface area contributed by atoms with E-state index in [1.165, 1.54) is 12.1 Å². The number of pyridine rings is 1. The van der Waals surface area contributed by atoms with Crippen LogP contribution in [-0.2, 0) is 0 Å². The molecular weight excluding hydrogens is 434 g/mol. The van der Waals surface area contributed by atoms with Crippen molar-refractivity contribution in [3.63, 3.8) is 0 Å². The van der Waals surface area contributed by atoms with E-state index >= 15 is 0 Å². The van der Waals surface area contributed by atoms with Crippen molar-refractivity contribution in [2.45, 2.75) is 31.8 Å². The molecule has 0 spiro atoms. The molecule has 1 aliphatic heterocycles. The summed E-state index contributed by atoms with van der Waals surface area (Å²) in [5.41, 5.74) is 1.56. The van der Waals surface area contributed by atoms with Crippen LogP contribution < -0.4 is 5.32 Å². The zero-order valence-corrected chi connectivity index (χ0v) is 18.5. The Hall–Kier alpha value is -2.90. The van der Waals surface area contributed by atoms with Crippen molar-refractivity contribution >= 4 is 34.9 Å². The molecule has 1 saturated heterocycles. The molecule has 2 atom stereocenters. The first-order chi connectivity index (χ1) is 15.0. The highest BCUT2D eigenvalue weighted by atomic mass is 35.5. The Bertz CT molecular complexity index is 1100. The van der Waals surface area contributed by atoms with Gasteiger partial charge in [-0.1, -0.05) is 31.0 Å². The number of thiocarbonyl (C=S) groups is 1. The van der Waals surface area contributed by atoms with Gasteiger partial charge >= 0.3 is 5.97 Å². The number of aromatic carboxylic acids is 1. The topological polar surface area (TPSA) is 78.6 Å². The van der Waals surface area contributed by atoms with Crippen molar-refractivity contribution < 1.29 is 14.3 Å². The van der Waals surface area contributed by atoms with Gasteiger partial charge in [-0.3, -0.25) is 4.98 Å². The third-order valence-corrected chi connectivity index (χ3v) is 6.03. The van der Waals surface area contributed by atoms with Crippen LogP contribution in [0.1, 0.15) is 53.7 Å². The van der Waals surface area contributed by atoms with Crippen molar-refractivity contribution in [1.82, 2.24) is 15.2 Å². The van der Waals surface area contributed by atoms with Crippen molar-refractivity contribution in [2.24, 2.45) is 0 Å². The molecule has 31 heavy (non-hydrogen) atoms. The van der Waals surface area contributed by atoms with Gasteiger partial charge in [0.05, 0.1) is 22.3 Å². The highest BCUT2D eigenvalue weighted by Gasteiger charge is 2.41.